The maximum Gasteiger partial charge on any atom is 0.306 e. The predicted molar refractivity (Wildman–Crippen MR) is 186 cm³/mol. The van der Waals surface area contributed by atoms with Gasteiger partial charge in [0.25, 0.3) is 0 Å². The minimum absolute atomic E-state index is 0.100. The third-order valence-electron chi connectivity index (χ3n) is 6.68. The van der Waals surface area contributed by atoms with Crippen molar-refractivity contribution >= 4 is 11.9 Å². The van der Waals surface area contributed by atoms with Gasteiger partial charge in [-0.2, -0.15) is 0 Å². The molecular formula is C39H62O5. The molecule has 0 aromatic rings. The van der Waals surface area contributed by atoms with Crippen LogP contribution in [0.2, 0.25) is 0 Å². The number of ether oxygens (including phenoxy) is 2. The van der Waals surface area contributed by atoms with Crippen LogP contribution in [0.1, 0.15) is 129 Å². The number of hydrogen-bond donors (Lipinski definition) is 1. The molecule has 248 valence electrons. The summed E-state index contributed by atoms with van der Waals surface area (Å²) in [6, 6.07) is 0. The Kier molecular flexibility index (Phi) is 32.3. The summed E-state index contributed by atoms with van der Waals surface area (Å²) in [6.07, 6.45) is 46.4. The zero-order valence-corrected chi connectivity index (χ0v) is 27.9. The van der Waals surface area contributed by atoms with Crippen molar-refractivity contribution in [2.24, 2.45) is 0 Å². The lowest BCUT2D eigenvalue weighted by Gasteiger charge is -2.15. The van der Waals surface area contributed by atoms with Crippen LogP contribution in [0.5, 0.6) is 0 Å². The molecule has 1 atom stereocenters. The lowest BCUT2D eigenvalue weighted by Crippen LogP contribution is -2.28. The van der Waals surface area contributed by atoms with Crippen LogP contribution in [0.25, 0.3) is 0 Å². The van der Waals surface area contributed by atoms with Crippen LogP contribution >= 0.6 is 0 Å². The van der Waals surface area contributed by atoms with Gasteiger partial charge in [0.2, 0.25) is 0 Å². The average Bonchev–Trinajstić information content (AvgIpc) is 3.02. The second-order valence-electron chi connectivity index (χ2n) is 10.8. The Hall–Kier alpha value is -2.92. The smallest absolute Gasteiger partial charge is 0.306 e. The lowest BCUT2D eigenvalue weighted by atomic mass is 10.1. The van der Waals surface area contributed by atoms with E-state index in [0.717, 1.165) is 103 Å². The Labute approximate surface area is 269 Å². The van der Waals surface area contributed by atoms with E-state index in [-0.39, 0.29) is 25.2 Å². The van der Waals surface area contributed by atoms with E-state index in [1.807, 2.05) is 0 Å². The third kappa shape index (κ3) is 32.0. The van der Waals surface area contributed by atoms with Gasteiger partial charge in [-0.3, -0.25) is 9.59 Å². The largest absolute Gasteiger partial charge is 0.462 e. The molecule has 0 bridgehead atoms. The summed E-state index contributed by atoms with van der Waals surface area (Å²) in [5.41, 5.74) is 0. The molecule has 0 radical (unpaired) electrons. The molecule has 0 aromatic carbocycles. The number of carbonyl (C=O) groups excluding carboxylic acids is 2. The Morgan fingerprint density at radius 3 is 1.41 bits per heavy atom. The fourth-order valence-corrected chi connectivity index (χ4v) is 4.14. The molecule has 0 fully saturated rings. The summed E-state index contributed by atoms with van der Waals surface area (Å²) in [4.78, 5) is 24.1. The summed E-state index contributed by atoms with van der Waals surface area (Å²) in [5.74, 6) is -0.671. The molecule has 0 aliphatic carbocycles. The van der Waals surface area contributed by atoms with Crippen LogP contribution in [-0.2, 0) is 19.1 Å². The molecule has 0 aliphatic heterocycles. The Balaban J connectivity index is 3.73. The minimum atomic E-state index is -0.801. The normalized spacial score (nSPS) is 13.2. The first kappa shape index (κ1) is 41.1. The van der Waals surface area contributed by atoms with Gasteiger partial charge in [-0.05, 0) is 83.5 Å². The number of esters is 2. The summed E-state index contributed by atoms with van der Waals surface area (Å²) in [5, 5.41) is 9.51. The van der Waals surface area contributed by atoms with Crippen molar-refractivity contribution in [3.8, 4) is 0 Å². The van der Waals surface area contributed by atoms with Gasteiger partial charge in [0.1, 0.15) is 6.61 Å². The molecule has 5 nitrogen and oxygen atoms in total. The predicted octanol–water partition coefficient (Wildman–Crippen LogP) is 10.4. The maximum absolute atomic E-state index is 12.1. The van der Waals surface area contributed by atoms with Crippen molar-refractivity contribution in [1.82, 2.24) is 0 Å². The van der Waals surface area contributed by atoms with Gasteiger partial charge in [-0.25, -0.2) is 0 Å². The number of allylic oxidation sites excluding steroid dienone is 14. The molecule has 0 spiro atoms. The molecule has 44 heavy (non-hydrogen) atoms. The molecule has 0 aromatic heterocycles. The molecule has 0 saturated heterocycles. The average molecular weight is 611 g/mol. The monoisotopic (exact) mass is 610 g/mol. The first-order valence-corrected chi connectivity index (χ1v) is 17.1. The highest BCUT2D eigenvalue weighted by Crippen LogP contribution is 2.10. The summed E-state index contributed by atoms with van der Waals surface area (Å²) < 4.78 is 10.5. The van der Waals surface area contributed by atoms with Crippen molar-refractivity contribution in [3.63, 3.8) is 0 Å². The Bertz CT molecular complexity index is 875. The number of hydrogen-bond acceptors (Lipinski definition) is 5. The minimum Gasteiger partial charge on any atom is -0.462 e. The number of rotatable bonds is 29. The van der Waals surface area contributed by atoms with E-state index in [0.29, 0.717) is 12.8 Å². The summed E-state index contributed by atoms with van der Waals surface area (Å²) in [6.45, 7) is 3.83. The van der Waals surface area contributed by atoms with Crippen molar-refractivity contribution in [2.75, 3.05) is 13.2 Å². The van der Waals surface area contributed by atoms with Crippen LogP contribution in [0, 0.1) is 0 Å². The van der Waals surface area contributed by atoms with Crippen LogP contribution < -0.4 is 0 Å². The topological polar surface area (TPSA) is 72.8 Å². The molecule has 0 saturated carbocycles. The highest BCUT2D eigenvalue weighted by molar-refractivity contribution is 5.70. The quantitative estimate of drug-likeness (QED) is 0.0518. The number of unbranched alkanes of at least 4 members (excludes halogenated alkanes) is 7. The summed E-state index contributed by atoms with van der Waals surface area (Å²) in [7, 11) is 0. The first-order chi connectivity index (χ1) is 21.6. The molecule has 0 aliphatic rings. The molecule has 0 rings (SSSR count). The zero-order valence-electron chi connectivity index (χ0n) is 27.9. The highest BCUT2D eigenvalue weighted by atomic mass is 16.6. The SMILES string of the molecule is CC/C=C/C/C=C/C/C=C/C/C=C/CCCCC(=O)OC[C@H](CO)OC(=O)CCCCCCC/C=C/C/C=C/C/C=C/CC. The van der Waals surface area contributed by atoms with E-state index in [1.165, 1.54) is 0 Å². The van der Waals surface area contributed by atoms with Gasteiger partial charge < -0.3 is 14.6 Å². The highest BCUT2D eigenvalue weighted by Gasteiger charge is 2.16. The van der Waals surface area contributed by atoms with Crippen LogP contribution in [-0.4, -0.2) is 36.4 Å². The van der Waals surface area contributed by atoms with Gasteiger partial charge in [-0.1, -0.05) is 118 Å². The molecule has 0 amide bonds. The van der Waals surface area contributed by atoms with Gasteiger partial charge in [0, 0.05) is 12.8 Å². The fourth-order valence-electron chi connectivity index (χ4n) is 4.14. The second-order valence-corrected chi connectivity index (χ2v) is 10.8. The van der Waals surface area contributed by atoms with E-state index in [2.05, 4.69) is 98.9 Å². The zero-order chi connectivity index (χ0) is 32.2. The van der Waals surface area contributed by atoms with E-state index < -0.39 is 6.10 Å². The Morgan fingerprint density at radius 1 is 0.523 bits per heavy atom. The van der Waals surface area contributed by atoms with Crippen LogP contribution in [0.15, 0.2) is 85.1 Å². The maximum atomic E-state index is 12.1. The lowest BCUT2D eigenvalue weighted by molar-refractivity contribution is -0.161. The van der Waals surface area contributed by atoms with E-state index in [9.17, 15) is 14.7 Å². The standard InChI is InChI=1S/C39H62O5/c1-3-5-7-9-11-13-15-17-19-21-23-25-27-29-31-33-38(41)43-36-37(35-40)44-39(42)34-32-30-28-26-24-22-20-18-16-14-12-10-8-6-4-2/h5-8,11-14,17-20,23,25,37,40H,3-4,9-10,15-16,21-22,24,26-36H2,1-2H3/b7-5+,8-6+,13-11+,14-12+,19-17+,20-18+,25-23+/t37-/m0/s1. The van der Waals surface area contributed by atoms with Gasteiger partial charge in [-0.15, -0.1) is 0 Å². The van der Waals surface area contributed by atoms with Gasteiger partial charge in [0.05, 0.1) is 6.61 Å². The number of aliphatic hydroxyl groups excluding tert-OH is 1. The van der Waals surface area contributed by atoms with Crippen LogP contribution in [0.3, 0.4) is 0 Å². The molecular weight excluding hydrogens is 548 g/mol. The van der Waals surface area contributed by atoms with Crippen molar-refractivity contribution in [3.05, 3.63) is 85.1 Å². The summed E-state index contributed by atoms with van der Waals surface area (Å²) >= 11 is 0. The fraction of sp³-hybridized carbons (Fsp3) is 0.590. The van der Waals surface area contributed by atoms with E-state index in [1.54, 1.807) is 0 Å². The molecule has 0 heterocycles. The number of aliphatic hydroxyl groups is 1. The van der Waals surface area contributed by atoms with Crippen molar-refractivity contribution < 1.29 is 24.2 Å². The van der Waals surface area contributed by atoms with Crippen molar-refractivity contribution in [1.29, 1.82) is 0 Å². The van der Waals surface area contributed by atoms with E-state index >= 15 is 0 Å². The first-order valence-electron chi connectivity index (χ1n) is 17.1. The Morgan fingerprint density at radius 2 is 0.909 bits per heavy atom. The second kappa shape index (κ2) is 34.6. The molecule has 5 heteroatoms. The number of carbonyl (C=O) groups is 2. The third-order valence-corrected chi connectivity index (χ3v) is 6.68. The molecule has 0 unspecified atom stereocenters. The van der Waals surface area contributed by atoms with Gasteiger partial charge in [0.15, 0.2) is 6.10 Å². The van der Waals surface area contributed by atoms with E-state index in [4.69, 9.17) is 9.47 Å². The van der Waals surface area contributed by atoms with Crippen LogP contribution in [0.4, 0.5) is 0 Å². The molecule has 1 N–H and O–H groups in total. The van der Waals surface area contributed by atoms with Crippen molar-refractivity contribution in [2.45, 2.75) is 136 Å². The van der Waals surface area contributed by atoms with Gasteiger partial charge >= 0.3 is 11.9 Å².